The summed E-state index contributed by atoms with van der Waals surface area (Å²) in [7, 11) is 1.58. The van der Waals surface area contributed by atoms with Crippen LogP contribution >= 0.6 is 22.9 Å². The first kappa shape index (κ1) is 20.4. The maximum absolute atomic E-state index is 13.1. The van der Waals surface area contributed by atoms with Crippen molar-refractivity contribution in [2.75, 3.05) is 13.7 Å². The van der Waals surface area contributed by atoms with Crippen molar-refractivity contribution in [1.82, 2.24) is 9.78 Å². The molecule has 154 valence electrons. The van der Waals surface area contributed by atoms with Crippen molar-refractivity contribution in [1.29, 1.82) is 0 Å². The molecule has 0 radical (unpaired) electrons. The Kier molecular flexibility index (Phi) is 5.79. The van der Waals surface area contributed by atoms with Crippen LogP contribution in [0.15, 0.2) is 59.5 Å². The number of benzene rings is 2. The third kappa shape index (κ3) is 4.06. The maximum Gasteiger partial charge on any atom is 0.289 e. The van der Waals surface area contributed by atoms with E-state index >= 15 is 0 Å². The molecule has 0 bridgehead atoms. The molecule has 0 aliphatic rings. The molecule has 5 nitrogen and oxygen atoms in total. The van der Waals surface area contributed by atoms with Crippen LogP contribution in [0.5, 0.6) is 11.5 Å². The highest BCUT2D eigenvalue weighted by Gasteiger charge is 2.14. The molecule has 4 aromatic rings. The van der Waals surface area contributed by atoms with Crippen molar-refractivity contribution in [2.45, 2.75) is 13.8 Å². The van der Waals surface area contributed by atoms with E-state index in [-0.39, 0.29) is 5.56 Å². The van der Waals surface area contributed by atoms with Gasteiger partial charge in [0, 0.05) is 21.4 Å². The summed E-state index contributed by atoms with van der Waals surface area (Å²) in [5, 5.41) is 5.86. The van der Waals surface area contributed by atoms with E-state index in [9.17, 15) is 4.79 Å². The summed E-state index contributed by atoms with van der Waals surface area (Å²) in [5.74, 6) is 1.61. The van der Waals surface area contributed by atoms with Gasteiger partial charge < -0.3 is 9.47 Å². The van der Waals surface area contributed by atoms with E-state index in [4.69, 9.17) is 21.1 Å². The average molecular weight is 441 g/mol. The van der Waals surface area contributed by atoms with Gasteiger partial charge in [-0.3, -0.25) is 4.79 Å². The highest BCUT2D eigenvalue weighted by molar-refractivity contribution is 7.22. The van der Waals surface area contributed by atoms with E-state index in [0.29, 0.717) is 39.4 Å². The van der Waals surface area contributed by atoms with Gasteiger partial charge in [-0.1, -0.05) is 37.6 Å². The normalized spacial score (nSPS) is 11.2. The average Bonchev–Trinajstić information content (AvgIpc) is 3.18. The van der Waals surface area contributed by atoms with Gasteiger partial charge in [0.15, 0.2) is 11.5 Å². The number of halogens is 1. The molecular formula is C23H21ClN2O3S. The highest BCUT2D eigenvalue weighted by Crippen LogP contribution is 2.33. The quantitative estimate of drug-likeness (QED) is 0.379. The van der Waals surface area contributed by atoms with Gasteiger partial charge in [-0.05, 0) is 41.8 Å². The standard InChI is InChI=1S/C23H21ClN2O3S/c1-14(2)13-29-19-9-8-18(11-20(19)28-3)26-23(27)22-16(12-25-26)10-21(30-22)15-4-6-17(24)7-5-15/h4-12,14H,13H2,1-3H3. The Morgan fingerprint density at radius 3 is 2.57 bits per heavy atom. The fourth-order valence-electron chi connectivity index (χ4n) is 3.04. The molecule has 0 saturated heterocycles. The molecule has 0 aliphatic carbocycles. The van der Waals surface area contributed by atoms with Crippen LogP contribution in [0.3, 0.4) is 0 Å². The monoisotopic (exact) mass is 440 g/mol. The minimum atomic E-state index is -0.171. The van der Waals surface area contributed by atoms with Crippen LogP contribution in [-0.4, -0.2) is 23.5 Å². The lowest BCUT2D eigenvalue weighted by molar-refractivity contribution is 0.257. The van der Waals surface area contributed by atoms with Crippen molar-refractivity contribution >= 4 is 33.0 Å². The fraction of sp³-hybridized carbons (Fsp3) is 0.217. The molecule has 0 unspecified atom stereocenters. The predicted octanol–water partition coefficient (Wildman–Crippen LogP) is 5.81. The van der Waals surface area contributed by atoms with Crippen LogP contribution in [0.25, 0.3) is 26.2 Å². The molecule has 0 amide bonds. The zero-order valence-corrected chi connectivity index (χ0v) is 18.5. The lowest BCUT2D eigenvalue weighted by Crippen LogP contribution is -2.20. The Morgan fingerprint density at radius 2 is 1.87 bits per heavy atom. The summed E-state index contributed by atoms with van der Waals surface area (Å²) >= 11 is 7.43. The number of fused-ring (bicyclic) bond motifs is 1. The van der Waals surface area contributed by atoms with Crippen LogP contribution in [0.2, 0.25) is 5.02 Å². The van der Waals surface area contributed by atoms with Gasteiger partial charge in [0.05, 0.1) is 25.6 Å². The van der Waals surface area contributed by atoms with Gasteiger partial charge in [0.1, 0.15) is 4.70 Å². The van der Waals surface area contributed by atoms with Crippen LogP contribution in [0.1, 0.15) is 13.8 Å². The molecule has 0 saturated carbocycles. The van der Waals surface area contributed by atoms with Crippen molar-refractivity contribution in [3.8, 4) is 27.6 Å². The van der Waals surface area contributed by atoms with Crippen LogP contribution < -0.4 is 15.0 Å². The molecule has 0 N–H and O–H groups in total. The first-order valence-corrected chi connectivity index (χ1v) is 10.7. The van der Waals surface area contributed by atoms with Gasteiger partial charge in [0.2, 0.25) is 0 Å². The fourth-order valence-corrected chi connectivity index (χ4v) is 4.23. The van der Waals surface area contributed by atoms with Crippen LogP contribution in [0, 0.1) is 5.92 Å². The number of thiophene rings is 1. The summed E-state index contributed by atoms with van der Waals surface area (Å²) in [5.41, 5.74) is 1.47. The van der Waals surface area contributed by atoms with Crippen molar-refractivity contribution < 1.29 is 9.47 Å². The van der Waals surface area contributed by atoms with Crippen molar-refractivity contribution in [2.24, 2.45) is 5.92 Å². The number of ether oxygens (including phenoxy) is 2. The number of rotatable bonds is 6. The minimum absolute atomic E-state index is 0.171. The van der Waals surface area contributed by atoms with Gasteiger partial charge >= 0.3 is 0 Å². The molecular weight excluding hydrogens is 420 g/mol. The van der Waals surface area contributed by atoms with Gasteiger partial charge in [-0.25, -0.2) is 0 Å². The Morgan fingerprint density at radius 1 is 1.10 bits per heavy atom. The molecule has 2 aromatic heterocycles. The Bertz CT molecular complexity index is 1250. The summed E-state index contributed by atoms with van der Waals surface area (Å²) in [4.78, 5) is 14.1. The Labute approximate surface area is 183 Å². The first-order chi connectivity index (χ1) is 14.5. The second-order valence-electron chi connectivity index (χ2n) is 7.30. The smallest absolute Gasteiger partial charge is 0.289 e. The molecule has 30 heavy (non-hydrogen) atoms. The SMILES string of the molecule is COc1cc(-n2ncc3cc(-c4ccc(Cl)cc4)sc3c2=O)ccc1OCC(C)C. The molecule has 0 spiro atoms. The minimum Gasteiger partial charge on any atom is -0.493 e. The zero-order valence-electron chi connectivity index (χ0n) is 16.9. The van der Waals surface area contributed by atoms with Gasteiger partial charge in [-0.15, -0.1) is 11.3 Å². The Balaban J connectivity index is 1.73. The van der Waals surface area contributed by atoms with E-state index in [1.165, 1.54) is 16.0 Å². The van der Waals surface area contributed by atoms with E-state index in [1.807, 2.05) is 42.5 Å². The van der Waals surface area contributed by atoms with E-state index in [0.717, 1.165) is 15.8 Å². The number of nitrogens with zero attached hydrogens (tertiary/aromatic N) is 2. The third-order valence-electron chi connectivity index (χ3n) is 4.55. The first-order valence-electron chi connectivity index (χ1n) is 9.55. The molecule has 4 rings (SSSR count). The summed E-state index contributed by atoms with van der Waals surface area (Å²) < 4.78 is 13.3. The molecule has 0 fully saturated rings. The molecule has 0 aliphatic heterocycles. The molecule has 7 heteroatoms. The third-order valence-corrected chi connectivity index (χ3v) is 5.99. The van der Waals surface area contributed by atoms with Crippen LogP contribution in [0.4, 0.5) is 0 Å². The van der Waals surface area contributed by atoms with Gasteiger partial charge in [-0.2, -0.15) is 9.78 Å². The highest BCUT2D eigenvalue weighted by atomic mass is 35.5. The predicted molar refractivity (Wildman–Crippen MR) is 123 cm³/mol. The lowest BCUT2D eigenvalue weighted by Gasteiger charge is -2.14. The molecule has 2 heterocycles. The zero-order chi connectivity index (χ0) is 21.3. The largest absolute Gasteiger partial charge is 0.493 e. The number of methoxy groups -OCH3 is 1. The topological polar surface area (TPSA) is 53.4 Å². The molecule has 2 aromatic carbocycles. The van der Waals surface area contributed by atoms with E-state index < -0.39 is 0 Å². The Hall–Kier alpha value is -2.83. The summed E-state index contributed by atoms with van der Waals surface area (Å²) in [6.07, 6.45) is 1.71. The van der Waals surface area contributed by atoms with Crippen molar-refractivity contribution in [3.63, 3.8) is 0 Å². The van der Waals surface area contributed by atoms with E-state index in [1.54, 1.807) is 19.4 Å². The second kappa shape index (κ2) is 8.50. The van der Waals surface area contributed by atoms with Crippen LogP contribution in [-0.2, 0) is 0 Å². The van der Waals surface area contributed by atoms with E-state index in [2.05, 4.69) is 18.9 Å². The number of hydrogen-bond donors (Lipinski definition) is 0. The number of hydrogen-bond acceptors (Lipinski definition) is 5. The summed E-state index contributed by atoms with van der Waals surface area (Å²) in [6, 6.07) is 14.9. The van der Waals surface area contributed by atoms with Crippen molar-refractivity contribution in [3.05, 3.63) is 70.1 Å². The second-order valence-corrected chi connectivity index (χ2v) is 8.79. The van der Waals surface area contributed by atoms with Gasteiger partial charge in [0.25, 0.3) is 5.56 Å². The maximum atomic E-state index is 13.1. The number of aromatic nitrogens is 2. The molecule has 0 atom stereocenters. The lowest BCUT2D eigenvalue weighted by atomic mass is 10.2. The summed E-state index contributed by atoms with van der Waals surface area (Å²) in [6.45, 7) is 4.75.